The van der Waals surface area contributed by atoms with Gasteiger partial charge >= 0.3 is 5.97 Å². The number of guanidine groups is 2. The minimum atomic E-state index is -2.69. The second kappa shape index (κ2) is 6.04. The SMILES string of the molecule is N=C1NC2[C@H](CO)NC(=N)N3C[C@H](OC(=O)c4cccc5cn[nH]c45)C(O)(O)[C@@]23N1. The molecular weight excluding hydrogens is 396 g/mol. The fraction of sp³-hybridized carbons (Fsp3) is 0.412. The van der Waals surface area contributed by atoms with Crippen LogP contribution in [-0.2, 0) is 4.74 Å². The van der Waals surface area contributed by atoms with Gasteiger partial charge in [-0.3, -0.25) is 15.9 Å². The molecule has 0 radical (unpaired) electrons. The van der Waals surface area contributed by atoms with Crippen LogP contribution < -0.4 is 16.0 Å². The predicted molar refractivity (Wildman–Crippen MR) is 101 cm³/mol. The number of benzene rings is 1. The van der Waals surface area contributed by atoms with Crippen LogP contribution in [0.3, 0.4) is 0 Å². The van der Waals surface area contributed by atoms with Crippen LogP contribution in [0.1, 0.15) is 10.4 Å². The van der Waals surface area contributed by atoms with Gasteiger partial charge in [0.25, 0.3) is 0 Å². The van der Waals surface area contributed by atoms with Crippen LogP contribution >= 0.6 is 0 Å². The number of aliphatic hydroxyl groups is 3. The first kappa shape index (κ1) is 18.6. The highest BCUT2D eigenvalue weighted by Crippen LogP contribution is 2.44. The van der Waals surface area contributed by atoms with Crippen LogP contribution in [0.15, 0.2) is 24.4 Å². The van der Waals surface area contributed by atoms with Crippen molar-refractivity contribution in [2.45, 2.75) is 29.6 Å². The number of ether oxygens (including phenoxy) is 1. The van der Waals surface area contributed by atoms with Gasteiger partial charge in [0.1, 0.15) is 0 Å². The number of aliphatic hydroxyl groups excluding tert-OH is 1. The number of nitrogens with zero attached hydrogens (tertiary/aromatic N) is 2. The minimum absolute atomic E-state index is 0.173. The Morgan fingerprint density at radius 1 is 1.33 bits per heavy atom. The van der Waals surface area contributed by atoms with Gasteiger partial charge in [0, 0.05) is 5.39 Å². The zero-order valence-corrected chi connectivity index (χ0v) is 15.5. The van der Waals surface area contributed by atoms with Gasteiger partial charge in [0.2, 0.25) is 5.79 Å². The number of nitrogens with one attached hydrogen (secondary N) is 6. The molecule has 3 aliphatic heterocycles. The maximum absolute atomic E-state index is 12.9. The van der Waals surface area contributed by atoms with E-state index in [1.54, 1.807) is 18.3 Å². The van der Waals surface area contributed by atoms with Gasteiger partial charge in [-0.15, -0.1) is 0 Å². The topological polar surface area (TPSA) is 203 Å². The summed E-state index contributed by atoms with van der Waals surface area (Å²) in [4.78, 5) is 14.1. The van der Waals surface area contributed by atoms with Crippen molar-refractivity contribution in [2.24, 2.45) is 0 Å². The molecule has 1 aromatic carbocycles. The Kier molecular flexibility index (Phi) is 3.75. The van der Waals surface area contributed by atoms with Crippen molar-refractivity contribution >= 4 is 28.8 Å². The number of carbonyl (C=O) groups excluding carboxylic acids is 1. The van der Waals surface area contributed by atoms with E-state index < -0.39 is 42.2 Å². The Morgan fingerprint density at radius 2 is 2.13 bits per heavy atom. The molecule has 4 atom stereocenters. The zero-order chi connectivity index (χ0) is 21.3. The number of para-hydroxylation sites is 1. The quantitative estimate of drug-likeness (QED) is 0.185. The molecule has 2 aromatic rings. The molecule has 1 spiro atoms. The average Bonchev–Trinajstić information content (AvgIpc) is 3.37. The lowest BCUT2D eigenvalue weighted by Gasteiger charge is -2.50. The average molecular weight is 416 g/mol. The standard InChI is InChI=1S/C17H20N8O5/c18-14-22-12-9(6-26)21-15(19)25-5-10(17(28,29)16(12,25)23-14)30-13(27)8-3-1-2-7-4-20-24-11(7)8/h1-4,9-10,12,26,28-29H,5-6H2,(H2,19,21)(H,20,24)(H3,18,22,23)/t9-,10-,12?,16+/m0/s1. The number of aromatic nitrogens is 2. The predicted octanol–water partition coefficient (Wildman–Crippen LogP) is -2.82. The molecule has 30 heavy (non-hydrogen) atoms. The highest BCUT2D eigenvalue weighted by atomic mass is 16.6. The summed E-state index contributed by atoms with van der Waals surface area (Å²) in [6, 6.07) is 3.27. The molecule has 1 aromatic heterocycles. The summed E-state index contributed by atoms with van der Waals surface area (Å²) in [5, 5.41) is 63.7. The molecule has 0 bridgehead atoms. The Labute approximate surface area is 169 Å². The summed E-state index contributed by atoms with van der Waals surface area (Å²) in [6.45, 7) is -0.646. The number of rotatable bonds is 3. The van der Waals surface area contributed by atoms with E-state index in [2.05, 4.69) is 26.1 Å². The van der Waals surface area contributed by atoms with Crippen molar-refractivity contribution in [1.82, 2.24) is 31.0 Å². The number of carbonyl (C=O) groups is 1. The van der Waals surface area contributed by atoms with E-state index in [1.807, 2.05) is 0 Å². The molecular formula is C17H20N8O5. The van der Waals surface area contributed by atoms with E-state index in [4.69, 9.17) is 15.6 Å². The number of hydrogen-bond donors (Lipinski definition) is 9. The van der Waals surface area contributed by atoms with Crippen LogP contribution in [0.4, 0.5) is 0 Å². The van der Waals surface area contributed by atoms with Gasteiger partial charge in [-0.1, -0.05) is 12.1 Å². The normalized spacial score (nSPS) is 31.6. The third-order valence-electron chi connectivity index (χ3n) is 5.99. The molecule has 5 rings (SSSR count). The highest BCUT2D eigenvalue weighted by Gasteiger charge is 2.75. The number of esters is 1. The minimum Gasteiger partial charge on any atom is -0.451 e. The van der Waals surface area contributed by atoms with Crippen molar-refractivity contribution in [3.8, 4) is 0 Å². The van der Waals surface area contributed by atoms with Crippen LogP contribution in [0.5, 0.6) is 0 Å². The van der Waals surface area contributed by atoms with Crippen molar-refractivity contribution in [3.05, 3.63) is 30.0 Å². The lowest BCUT2D eigenvalue weighted by atomic mass is 9.85. The Balaban J connectivity index is 1.51. The van der Waals surface area contributed by atoms with Gasteiger partial charge < -0.3 is 40.9 Å². The van der Waals surface area contributed by atoms with Crippen LogP contribution in [-0.4, -0.2) is 91.1 Å². The van der Waals surface area contributed by atoms with Crippen molar-refractivity contribution in [1.29, 1.82) is 10.8 Å². The van der Waals surface area contributed by atoms with Crippen LogP contribution in [0.25, 0.3) is 10.9 Å². The largest absolute Gasteiger partial charge is 0.451 e. The maximum atomic E-state index is 12.9. The third-order valence-corrected chi connectivity index (χ3v) is 5.99. The summed E-state index contributed by atoms with van der Waals surface area (Å²) in [7, 11) is 0. The zero-order valence-electron chi connectivity index (χ0n) is 15.5. The first-order chi connectivity index (χ1) is 14.3. The lowest BCUT2D eigenvalue weighted by molar-refractivity contribution is -0.258. The fourth-order valence-electron chi connectivity index (χ4n) is 4.60. The molecule has 9 N–H and O–H groups in total. The molecule has 158 valence electrons. The van der Waals surface area contributed by atoms with E-state index in [9.17, 15) is 20.1 Å². The monoisotopic (exact) mass is 416 g/mol. The molecule has 13 heteroatoms. The molecule has 1 unspecified atom stereocenters. The maximum Gasteiger partial charge on any atom is 0.340 e. The highest BCUT2D eigenvalue weighted by molar-refractivity contribution is 6.02. The summed E-state index contributed by atoms with van der Waals surface area (Å²) >= 11 is 0. The Morgan fingerprint density at radius 3 is 2.90 bits per heavy atom. The fourth-order valence-corrected chi connectivity index (χ4v) is 4.60. The van der Waals surface area contributed by atoms with Crippen LogP contribution in [0, 0.1) is 10.8 Å². The molecule has 3 aliphatic rings. The van der Waals surface area contributed by atoms with E-state index in [0.29, 0.717) is 10.9 Å². The third kappa shape index (κ3) is 2.21. The Hall–Kier alpha value is -3.42. The molecule has 0 aliphatic carbocycles. The van der Waals surface area contributed by atoms with Crippen molar-refractivity contribution in [2.75, 3.05) is 13.2 Å². The van der Waals surface area contributed by atoms with Crippen molar-refractivity contribution < 1.29 is 24.9 Å². The molecule has 4 heterocycles. The molecule has 3 fully saturated rings. The van der Waals surface area contributed by atoms with Crippen LogP contribution in [0.2, 0.25) is 0 Å². The lowest BCUT2D eigenvalue weighted by Crippen LogP contribution is -2.80. The van der Waals surface area contributed by atoms with Gasteiger partial charge in [0.05, 0.1) is 42.5 Å². The van der Waals surface area contributed by atoms with E-state index >= 15 is 0 Å². The van der Waals surface area contributed by atoms with Gasteiger partial charge in [-0.05, 0) is 6.07 Å². The smallest absolute Gasteiger partial charge is 0.340 e. The summed E-state index contributed by atoms with van der Waals surface area (Å²) in [6.07, 6.45) is 0.0980. The van der Waals surface area contributed by atoms with E-state index in [1.165, 1.54) is 11.0 Å². The number of hydrogen-bond acceptors (Lipinski definition) is 8. The van der Waals surface area contributed by atoms with Crippen molar-refractivity contribution in [3.63, 3.8) is 0 Å². The van der Waals surface area contributed by atoms with E-state index in [-0.39, 0.29) is 24.0 Å². The second-order valence-electron chi connectivity index (χ2n) is 7.54. The molecule has 0 saturated carbocycles. The Bertz CT molecular complexity index is 1070. The first-order valence-electron chi connectivity index (χ1n) is 9.24. The number of aromatic amines is 1. The molecule has 3 saturated heterocycles. The van der Waals surface area contributed by atoms with Gasteiger partial charge in [0.15, 0.2) is 23.7 Å². The molecule has 13 nitrogen and oxygen atoms in total. The first-order valence-corrected chi connectivity index (χ1v) is 9.24. The molecule has 0 amide bonds. The summed E-state index contributed by atoms with van der Waals surface area (Å²) in [5.41, 5.74) is -1.16. The van der Waals surface area contributed by atoms with Gasteiger partial charge in [-0.2, -0.15) is 5.10 Å². The number of H-pyrrole nitrogens is 1. The van der Waals surface area contributed by atoms with Gasteiger partial charge in [-0.25, -0.2) is 4.79 Å². The number of fused-ring (bicyclic) bond motifs is 1. The van der Waals surface area contributed by atoms with E-state index in [0.717, 1.165) is 0 Å². The summed E-state index contributed by atoms with van der Waals surface area (Å²) < 4.78 is 5.48. The summed E-state index contributed by atoms with van der Waals surface area (Å²) in [5.74, 6) is -3.89. The second-order valence-corrected chi connectivity index (χ2v) is 7.54.